The molecule has 0 amide bonds. The molecule has 5 nitrogen and oxygen atoms in total. The highest BCUT2D eigenvalue weighted by Crippen LogP contribution is 2.42. The fourth-order valence-corrected chi connectivity index (χ4v) is 5.34. The van der Waals surface area contributed by atoms with Gasteiger partial charge in [-0.05, 0) is 31.0 Å². The second kappa shape index (κ2) is 6.09. The van der Waals surface area contributed by atoms with Crippen LogP contribution in [0.25, 0.3) is 0 Å². The molecule has 0 bridgehead atoms. The van der Waals surface area contributed by atoms with E-state index in [0.717, 1.165) is 6.42 Å². The fourth-order valence-electron chi connectivity index (χ4n) is 3.48. The second-order valence-corrected chi connectivity index (χ2v) is 8.36. The molecule has 22 heavy (non-hydrogen) atoms. The van der Waals surface area contributed by atoms with Crippen LogP contribution in [-0.2, 0) is 19.5 Å². The summed E-state index contributed by atoms with van der Waals surface area (Å²) in [5.41, 5.74) is -0.237. The standard InChI is InChI=1S/C15H20ClNO4S/c1-20-11-15-6-8-21-14(15)5-7-17(10-15)22(18,19)13-4-2-3-12(16)9-13/h2-4,9,14H,5-8,10-11H2,1H3/t14-,15+/m1/s1. The monoisotopic (exact) mass is 345 g/mol. The number of hydrogen-bond donors (Lipinski definition) is 0. The molecule has 2 aliphatic heterocycles. The number of hydrogen-bond acceptors (Lipinski definition) is 4. The molecule has 0 aromatic heterocycles. The molecule has 2 aliphatic rings. The lowest BCUT2D eigenvalue weighted by atomic mass is 9.78. The Bertz CT molecular complexity index is 651. The first-order valence-electron chi connectivity index (χ1n) is 7.34. The smallest absolute Gasteiger partial charge is 0.243 e. The van der Waals surface area contributed by atoms with E-state index in [4.69, 9.17) is 21.1 Å². The Hall–Kier alpha value is -0.660. The predicted octanol–water partition coefficient (Wildman–Crippen LogP) is 2.16. The van der Waals surface area contributed by atoms with E-state index >= 15 is 0 Å². The molecule has 0 spiro atoms. The van der Waals surface area contributed by atoms with E-state index in [-0.39, 0.29) is 16.4 Å². The zero-order valence-corrected chi connectivity index (χ0v) is 14.1. The molecule has 122 valence electrons. The highest BCUT2D eigenvalue weighted by molar-refractivity contribution is 7.89. The van der Waals surface area contributed by atoms with Gasteiger partial charge in [-0.25, -0.2) is 8.42 Å². The summed E-state index contributed by atoms with van der Waals surface area (Å²) in [4.78, 5) is 0.241. The normalized spacial score (nSPS) is 29.5. The number of methoxy groups -OCH3 is 1. The van der Waals surface area contributed by atoms with Crippen molar-refractivity contribution in [2.75, 3.05) is 33.4 Å². The highest BCUT2D eigenvalue weighted by atomic mass is 35.5. The average Bonchev–Trinajstić information content (AvgIpc) is 2.90. The summed E-state index contributed by atoms with van der Waals surface area (Å²) in [6.45, 7) is 2.07. The number of sulfonamides is 1. The molecule has 0 unspecified atom stereocenters. The van der Waals surface area contributed by atoms with Gasteiger partial charge in [-0.15, -0.1) is 0 Å². The van der Waals surface area contributed by atoms with Crippen LogP contribution in [-0.4, -0.2) is 52.2 Å². The van der Waals surface area contributed by atoms with Crippen LogP contribution in [0.4, 0.5) is 0 Å². The summed E-state index contributed by atoms with van der Waals surface area (Å²) in [5, 5.41) is 0.423. The Balaban J connectivity index is 1.89. The number of ether oxygens (including phenoxy) is 2. The predicted molar refractivity (Wildman–Crippen MR) is 83.5 cm³/mol. The van der Waals surface area contributed by atoms with Gasteiger partial charge in [-0.1, -0.05) is 17.7 Å². The van der Waals surface area contributed by atoms with Gasteiger partial charge in [0.2, 0.25) is 10.0 Å². The Morgan fingerprint density at radius 1 is 1.50 bits per heavy atom. The minimum Gasteiger partial charge on any atom is -0.384 e. The summed E-state index contributed by atoms with van der Waals surface area (Å²) in [6, 6.07) is 6.41. The highest BCUT2D eigenvalue weighted by Gasteiger charge is 2.50. The van der Waals surface area contributed by atoms with Crippen LogP contribution in [0.2, 0.25) is 5.02 Å². The molecule has 7 heteroatoms. The van der Waals surface area contributed by atoms with Crippen LogP contribution in [0.1, 0.15) is 12.8 Å². The number of fused-ring (bicyclic) bond motifs is 1. The van der Waals surface area contributed by atoms with Crippen LogP contribution in [0.3, 0.4) is 0 Å². The van der Waals surface area contributed by atoms with Crippen LogP contribution >= 0.6 is 11.6 Å². The van der Waals surface area contributed by atoms with Crippen molar-refractivity contribution in [3.8, 4) is 0 Å². The summed E-state index contributed by atoms with van der Waals surface area (Å²) in [6.07, 6.45) is 1.61. The Kier molecular flexibility index (Phi) is 4.49. The molecule has 2 saturated heterocycles. The van der Waals surface area contributed by atoms with Gasteiger partial charge in [0.1, 0.15) is 0 Å². The Morgan fingerprint density at radius 3 is 3.05 bits per heavy atom. The van der Waals surface area contributed by atoms with Crippen molar-refractivity contribution in [2.45, 2.75) is 23.8 Å². The van der Waals surface area contributed by atoms with Gasteiger partial charge in [-0.3, -0.25) is 0 Å². The lowest BCUT2D eigenvalue weighted by Crippen LogP contribution is -2.53. The lowest BCUT2D eigenvalue weighted by Gasteiger charge is -2.42. The average molecular weight is 346 g/mol. The zero-order valence-electron chi connectivity index (χ0n) is 12.5. The molecule has 1 aromatic rings. The molecule has 3 rings (SSSR count). The molecule has 1 aromatic carbocycles. The molecule has 0 saturated carbocycles. The largest absolute Gasteiger partial charge is 0.384 e. The minimum atomic E-state index is -3.54. The van der Waals surface area contributed by atoms with Crippen molar-refractivity contribution in [1.82, 2.24) is 4.31 Å². The number of rotatable bonds is 4. The third kappa shape index (κ3) is 2.78. The van der Waals surface area contributed by atoms with E-state index in [1.807, 2.05) is 0 Å². The number of piperidine rings is 1. The maximum atomic E-state index is 12.9. The Labute approximate surface area is 136 Å². The summed E-state index contributed by atoms with van der Waals surface area (Å²) in [5.74, 6) is 0. The third-order valence-electron chi connectivity index (χ3n) is 4.60. The molecular formula is C15H20ClNO4S. The molecule has 2 fully saturated rings. The first kappa shape index (κ1) is 16.2. The quantitative estimate of drug-likeness (QED) is 0.839. The van der Waals surface area contributed by atoms with Crippen LogP contribution in [0.15, 0.2) is 29.2 Å². The number of nitrogens with zero attached hydrogens (tertiary/aromatic N) is 1. The summed E-state index contributed by atoms with van der Waals surface area (Å²) < 4.78 is 38.4. The molecule has 0 radical (unpaired) electrons. The van der Waals surface area contributed by atoms with Gasteiger partial charge in [0.15, 0.2) is 0 Å². The van der Waals surface area contributed by atoms with E-state index in [1.54, 1.807) is 29.6 Å². The van der Waals surface area contributed by atoms with Crippen molar-refractivity contribution < 1.29 is 17.9 Å². The molecule has 2 heterocycles. The van der Waals surface area contributed by atoms with Crippen LogP contribution < -0.4 is 0 Å². The summed E-state index contributed by atoms with van der Waals surface area (Å²) in [7, 11) is -1.89. The fraction of sp³-hybridized carbons (Fsp3) is 0.600. The van der Waals surface area contributed by atoms with E-state index in [1.165, 1.54) is 6.07 Å². The van der Waals surface area contributed by atoms with Gasteiger partial charge >= 0.3 is 0 Å². The molecular weight excluding hydrogens is 326 g/mol. The van der Waals surface area contributed by atoms with E-state index < -0.39 is 10.0 Å². The van der Waals surface area contributed by atoms with Gasteiger partial charge in [-0.2, -0.15) is 4.31 Å². The lowest BCUT2D eigenvalue weighted by molar-refractivity contribution is -0.0358. The van der Waals surface area contributed by atoms with Crippen LogP contribution in [0, 0.1) is 5.41 Å². The van der Waals surface area contributed by atoms with Gasteiger partial charge in [0.05, 0.1) is 17.6 Å². The maximum Gasteiger partial charge on any atom is 0.243 e. The number of halogens is 1. The third-order valence-corrected chi connectivity index (χ3v) is 6.68. The van der Waals surface area contributed by atoms with Crippen molar-refractivity contribution in [3.63, 3.8) is 0 Å². The van der Waals surface area contributed by atoms with E-state index in [0.29, 0.717) is 37.7 Å². The van der Waals surface area contributed by atoms with E-state index in [9.17, 15) is 8.42 Å². The first-order valence-corrected chi connectivity index (χ1v) is 9.16. The summed E-state index contributed by atoms with van der Waals surface area (Å²) >= 11 is 5.93. The zero-order chi connectivity index (χ0) is 15.8. The SMILES string of the molecule is COC[C@@]12CCO[C@@H]1CCN(S(=O)(=O)c1cccc(Cl)c1)C2. The van der Waals surface area contributed by atoms with Gasteiger partial charge in [0.25, 0.3) is 0 Å². The topological polar surface area (TPSA) is 55.8 Å². The van der Waals surface area contributed by atoms with Crippen LogP contribution in [0.5, 0.6) is 0 Å². The Morgan fingerprint density at radius 2 is 2.32 bits per heavy atom. The van der Waals surface area contributed by atoms with Crippen molar-refractivity contribution in [2.24, 2.45) is 5.41 Å². The number of benzene rings is 1. The van der Waals surface area contributed by atoms with Crippen molar-refractivity contribution >= 4 is 21.6 Å². The van der Waals surface area contributed by atoms with Gasteiger partial charge < -0.3 is 9.47 Å². The molecule has 2 atom stereocenters. The van der Waals surface area contributed by atoms with E-state index in [2.05, 4.69) is 0 Å². The maximum absolute atomic E-state index is 12.9. The first-order chi connectivity index (χ1) is 10.5. The molecule has 0 N–H and O–H groups in total. The van der Waals surface area contributed by atoms with Crippen molar-refractivity contribution in [1.29, 1.82) is 0 Å². The minimum absolute atomic E-state index is 0.0817. The van der Waals surface area contributed by atoms with Gasteiger partial charge in [0, 0.05) is 37.2 Å². The second-order valence-electron chi connectivity index (χ2n) is 5.99. The molecule has 0 aliphatic carbocycles. The van der Waals surface area contributed by atoms with Crippen molar-refractivity contribution in [3.05, 3.63) is 29.3 Å².